The number of fused-ring (bicyclic) bond motifs is 1. The van der Waals surface area contributed by atoms with Gasteiger partial charge in [0.1, 0.15) is 0 Å². The van der Waals surface area contributed by atoms with Gasteiger partial charge < -0.3 is 15.3 Å². The number of nitrogens with one attached hydrogen (secondary N) is 1. The first-order valence-electron chi connectivity index (χ1n) is 7.93. The van der Waals surface area contributed by atoms with Crippen molar-refractivity contribution >= 4 is 23.6 Å². The van der Waals surface area contributed by atoms with Crippen LogP contribution in [0.1, 0.15) is 30.4 Å². The molecule has 1 aromatic rings. The van der Waals surface area contributed by atoms with Crippen LogP contribution in [0.25, 0.3) is 0 Å². The van der Waals surface area contributed by atoms with Gasteiger partial charge in [0.2, 0.25) is 0 Å². The van der Waals surface area contributed by atoms with Crippen molar-refractivity contribution in [3.63, 3.8) is 0 Å². The van der Waals surface area contributed by atoms with Crippen molar-refractivity contribution in [3.05, 3.63) is 34.3 Å². The van der Waals surface area contributed by atoms with Gasteiger partial charge in [-0.3, -0.25) is 4.79 Å². The summed E-state index contributed by atoms with van der Waals surface area (Å²) in [7, 11) is 0. The molecule has 1 aliphatic carbocycles. The van der Waals surface area contributed by atoms with E-state index in [1.807, 2.05) is 25.1 Å². The molecule has 1 saturated heterocycles. The molecule has 2 amide bonds. The first kappa shape index (κ1) is 16.1. The molecule has 2 atom stereocenters. The van der Waals surface area contributed by atoms with Crippen LogP contribution in [0.2, 0.25) is 5.02 Å². The topological polar surface area (TPSA) is 69.6 Å². The second-order valence-corrected chi connectivity index (χ2v) is 7.08. The Bertz CT molecular complexity index is 649. The van der Waals surface area contributed by atoms with Crippen LogP contribution < -0.4 is 5.32 Å². The summed E-state index contributed by atoms with van der Waals surface area (Å²) in [5.74, 6) is -0.674. The van der Waals surface area contributed by atoms with Crippen molar-refractivity contribution in [2.75, 3.05) is 13.1 Å². The van der Waals surface area contributed by atoms with E-state index < -0.39 is 11.4 Å². The van der Waals surface area contributed by atoms with Crippen LogP contribution in [-0.4, -0.2) is 35.1 Å². The van der Waals surface area contributed by atoms with Gasteiger partial charge in [-0.15, -0.1) is 0 Å². The van der Waals surface area contributed by atoms with E-state index >= 15 is 0 Å². The maximum absolute atomic E-state index is 12.4. The fourth-order valence-corrected chi connectivity index (χ4v) is 4.02. The maximum atomic E-state index is 12.4. The molecule has 2 N–H and O–H groups in total. The lowest BCUT2D eigenvalue weighted by Gasteiger charge is -2.23. The zero-order chi connectivity index (χ0) is 16.6. The van der Waals surface area contributed by atoms with E-state index in [9.17, 15) is 14.7 Å². The Hall–Kier alpha value is -1.75. The number of amides is 2. The van der Waals surface area contributed by atoms with Crippen molar-refractivity contribution in [1.82, 2.24) is 10.2 Å². The number of aliphatic carboxylic acids is 1. The van der Waals surface area contributed by atoms with Gasteiger partial charge in [0.25, 0.3) is 0 Å². The summed E-state index contributed by atoms with van der Waals surface area (Å²) in [5.41, 5.74) is 1.22. The number of carboxylic acid groups (broad SMARTS) is 1. The molecular weight excluding hydrogens is 316 g/mol. The van der Waals surface area contributed by atoms with Crippen LogP contribution in [0.3, 0.4) is 0 Å². The highest BCUT2D eigenvalue weighted by molar-refractivity contribution is 6.31. The van der Waals surface area contributed by atoms with Crippen LogP contribution in [0.15, 0.2) is 18.2 Å². The monoisotopic (exact) mass is 336 g/mol. The molecule has 1 heterocycles. The molecule has 1 saturated carbocycles. The Morgan fingerprint density at radius 3 is 2.91 bits per heavy atom. The number of nitrogens with zero attached hydrogens (tertiary/aromatic N) is 1. The molecule has 1 aliphatic heterocycles. The largest absolute Gasteiger partial charge is 0.481 e. The highest BCUT2D eigenvalue weighted by atomic mass is 35.5. The smallest absolute Gasteiger partial charge is 0.317 e. The van der Waals surface area contributed by atoms with Gasteiger partial charge in [-0.25, -0.2) is 4.79 Å². The number of benzene rings is 1. The van der Waals surface area contributed by atoms with Gasteiger partial charge in [-0.1, -0.05) is 30.2 Å². The summed E-state index contributed by atoms with van der Waals surface area (Å²) in [6.45, 7) is 3.19. The van der Waals surface area contributed by atoms with Gasteiger partial charge in [-0.05, 0) is 42.9 Å². The predicted octanol–water partition coefficient (Wildman–Crippen LogP) is 3.04. The molecule has 1 aromatic carbocycles. The quantitative estimate of drug-likeness (QED) is 0.891. The van der Waals surface area contributed by atoms with E-state index in [1.54, 1.807) is 4.90 Å². The third-order valence-electron chi connectivity index (χ3n) is 5.25. The molecule has 3 rings (SSSR count). The van der Waals surface area contributed by atoms with E-state index in [0.29, 0.717) is 31.1 Å². The van der Waals surface area contributed by atoms with Gasteiger partial charge in [0.15, 0.2) is 0 Å². The number of urea groups is 1. The SMILES string of the molecule is Cc1cc(CNC(=O)N2C[C@@H]3CCC[C@@]3(C(=O)O)C2)ccc1Cl. The zero-order valence-corrected chi connectivity index (χ0v) is 13.9. The second kappa shape index (κ2) is 6.04. The number of hydrogen-bond acceptors (Lipinski definition) is 2. The van der Waals surface area contributed by atoms with E-state index in [4.69, 9.17) is 11.6 Å². The van der Waals surface area contributed by atoms with Crippen molar-refractivity contribution in [3.8, 4) is 0 Å². The Balaban J connectivity index is 1.61. The number of halogens is 1. The first-order valence-corrected chi connectivity index (χ1v) is 8.31. The number of aryl methyl sites for hydroxylation is 1. The van der Waals surface area contributed by atoms with Gasteiger partial charge in [0.05, 0.1) is 5.41 Å². The highest BCUT2D eigenvalue weighted by Gasteiger charge is 2.55. The van der Waals surface area contributed by atoms with Crippen LogP contribution >= 0.6 is 11.6 Å². The van der Waals surface area contributed by atoms with Crippen molar-refractivity contribution < 1.29 is 14.7 Å². The minimum absolute atomic E-state index is 0.0866. The minimum atomic E-state index is -0.761. The summed E-state index contributed by atoms with van der Waals surface area (Å²) in [6.07, 6.45) is 2.51. The maximum Gasteiger partial charge on any atom is 0.317 e. The van der Waals surface area contributed by atoms with Gasteiger partial charge in [0, 0.05) is 24.7 Å². The molecule has 23 heavy (non-hydrogen) atoms. The number of hydrogen-bond donors (Lipinski definition) is 2. The highest BCUT2D eigenvalue weighted by Crippen LogP contribution is 2.48. The fourth-order valence-electron chi connectivity index (χ4n) is 3.90. The molecule has 0 bridgehead atoms. The average Bonchev–Trinajstić information content (AvgIpc) is 3.06. The van der Waals surface area contributed by atoms with Crippen LogP contribution in [0, 0.1) is 18.3 Å². The lowest BCUT2D eigenvalue weighted by atomic mass is 9.81. The van der Waals surface area contributed by atoms with Crippen molar-refractivity contribution in [2.45, 2.75) is 32.7 Å². The predicted molar refractivity (Wildman–Crippen MR) is 87.4 cm³/mol. The number of carboxylic acids is 1. The van der Waals surface area contributed by atoms with Crippen molar-refractivity contribution in [1.29, 1.82) is 0 Å². The number of carbonyl (C=O) groups is 2. The lowest BCUT2D eigenvalue weighted by Crippen LogP contribution is -2.41. The Labute approximate surface area is 140 Å². The molecule has 124 valence electrons. The second-order valence-electron chi connectivity index (χ2n) is 6.67. The Morgan fingerprint density at radius 1 is 1.48 bits per heavy atom. The number of carbonyl (C=O) groups excluding carboxylic acids is 1. The van der Waals surface area contributed by atoms with E-state index in [2.05, 4.69) is 5.32 Å². The Kier molecular flexibility index (Phi) is 4.23. The molecule has 6 heteroatoms. The first-order chi connectivity index (χ1) is 10.9. The third kappa shape index (κ3) is 2.90. The number of rotatable bonds is 3. The van der Waals surface area contributed by atoms with E-state index in [0.717, 1.165) is 24.0 Å². The molecule has 2 fully saturated rings. The molecule has 0 radical (unpaired) electrons. The summed E-state index contributed by atoms with van der Waals surface area (Å²) >= 11 is 6.00. The normalized spacial score (nSPS) is 26.2. The molecular formula is C17H21ClN2O3. The van der Waals surface area contributed by atoms with Crippen LogP contribution in [0.4, 0.5) is 4.79 Å². The zero-order valence-electron chi connectivity index (χ0n) is 13.1. The Morgan fingerprint density at radius 2 is 2.26 bits per heavy atom. The van der Waals surface area contributed by atoms with E-state index in [1.165, 1.54) is 0 Å². The summed E-state index contributed by atoms with van der Waals surface area (Å²) < 4.78 is 0. The average molecular weight is 337 g/mol. The lowest BCUT2D eigenvalue weighted by molar-refractivity contribution is -0.149. The summed E-state index contributed by atoms with van der Waals surface area (Å²) in [4.78, 5) is 25.7. The van der Waals surface area contributed by atoms with Crippen LogP contribution in [-0.2, 0) is 11.3 Å². The molecule has 0 unspecified atom stereocenters. The van der Waals surface area contributed by atoms with Crippen molar-refractivity contribution in [2.24, 2.45) is 11.3 Å². The molecule has 5 nitrogen and oxygen atoms in total. The molecule has 0 spiro atoms. The van der Waals surface area contributed by atoms with Gasteiger partial charge >= 0.3 is 12.0 Å². The summed E-state index contributed by atoms with van der Waals surface area (Å²) in [6, 6.07) is 5.46. The minimum Gasteiger partial charge on any atom is -0.481 e. The molecule has 2 aliphatic rings. The summed E-state index contributed by atoms with van der Waals surface area (Å²) in [5, 5.41) is 13.2. The van der Waals surface area contributed by atoms with Crippen LogP contribution in [0.5, 0.6) is 0 Å². The third-order valence-corrected chi connectivity index (χ3v) is 5.67. The fraction of sp³-hybridized carbons (Fsp3) is 0.529. The number of likely N-dealkylation sites (tertiary alicyclic amines) is 1. The van der Waals surface area contributed by atoms with Gasteiger partial charge in [-0.2, -0.15) is 0 Å². The standard InChI is InChI=1S/C17H21ClN2O3/c1-11-7-12(4-5-14(11)18)8-19-16(23)20-9-13-3-2-6-17(13,10-20)15(21)22/h4-5,7,13H,2-3,6,8-10H2,1H3,(H,19,23)(H,21,22)/t13-,17+/m0/s1. The molecule has 0 aromatic heterocycles. The van der Waals surface area contributed by atoms with E-state index in [-0.39, 0.29) is 11.9 Å².